The monoisotopic (exact) mass is 281 g/mol. The predicted octanol–water partition coefficient (Wildman–Crippen LogP) is 2.16. The number of benzene rings is 1. The zero-order valence-corrected chi connectivity index (χ0v) is 12.3. The Labute approximate surface area is 119 Å². The van der Waals surface area contributed by atoms with Gasteiger partial charge in [0.2, 0.25) is 0 Å². The molecule has 0 amide bonds. The molecule has 0 aliphatic carbocycles. The molecule has 0 aliphatic rings. The number of aliphatic carboxylic acids is 1. The highest BCUT2D eigenvalue weighted by molar-refractivity contribution is 5.73. The van der Waals surface area contributed by atoms with Crippen molar-refractivity contribution in [1.82, 2.24) is 5.32 Å². The first kappa shape index (κ1) is 16.3. The van der Waals surface area contributed by atoms with Crippen molar-refractivity contribution in [2.24, 2.45) is 5.92 Å². The number of ether oxygens (including phenoxy) is 2. The average molecular weight is 281 g/mol. The summed E-state index contributed by atoms with van der Waals surface area (Å²) in [7, 11) is 1.61. The third-order valence-electron chi connectivity index (χ3n) is 2.83. The van der Waals surface area contributed by atoms with Gasteiger partial charge in [-0.25, -0.2) is 0 Å². The van der Waals surface area contributed by atoms with Gasteiger partial charge >= 0.3 is 5.97 Å². The van der Waals surface area contributed by atoms with Crippen molar-refractivity contribution in [3.8, 4) is 11.5 Å². The van der Waals surface area contributed by atoms with Crippen molar-refractivity contribution < 1.29 is 19.4 Å². The number of hydrogen-bond acceptors (Lipinski definition) is 4. The Hall–Kier alpha value is -1.75. The van der Waals surface area contributed by atoms with Crippen LogP contribution < -0.4 is 14.8 Å². The van der Waals surface area contributed by atoms with Crippen molar-refractivity contribution in [3.05, 3.63) is 24.3 Å². The zero-order valence-electron chi connectivity index (χ0n) is 12.3. The van der Waals surface area contributed by atoms with E-state index in [-0.39, 0.29) is 0 Å². The predicted molar refractivity (Wildman–Crippen MR) is 77.4 cm³/mol. The lowest BCUT2D eigenvalue weighted by Gasteiger charge is -2.16. The molecule has 1 rings (SSSR count). The molecule has 112 valence electrons. The molecule has 0 bridgehead atoms. The number of rotatable bonds is 9. The van der Waals surface area contributed by atoms with Crippen LogP contribution in [0.2, 0.25) is 0 Å². The van der Waals surface area contributed by atoms with Gasteiger partial charge in [0.05, 0.1) is 7.11 Å². The van der Waals surface area contributed by atoms with Crippen LogP contribution >= 0.6 is 0 Å². The molecule has 5 heteroatoms. The molecular weight excluding hydrogens is 258 g/mol. The first-order valence-corrected chi connectivity index (χ1v) is 6.76. The molecule has 2 N–H and O–H groups in total. The fourth-order valence-electron chi connectivity index (χ4n) is 1.82. The van der Waals surface area contributed by atoms with Gasteiger partial charge in [-0.15, -0.1) is 0 Å². The normalized spacial score (nSPS) is 12.2. The first-order chi connectivity index (χ1) is 9.52. The van der Waals surface area contributed by atoms with Crippen molar-refractivity contribution in [2.45, 2.75) is 26.3 Å². The van der Waals surface area contributed by atoms with E-state index in [1.807, 2.05) is 38.1 Å². The fraction of sp³-hybridized carbons (Fsp3) is 0.533. The minimum atomic E-state index is -0.817. The Morgan fingerprint density at radius 3 is 2.35 bits per heavy atom. The van der Waals surface area contributed by atoms with Crippen molar-refractivity contribution >= 4 is 5.97 Å². The molecule has 0 spiro atoms. The van der Waals surface area contributed by atoms with E-state index in [1.165, 1.54) is 0 Å². The Balaban J connectivity index is 2.30. The summed E-state index contributed by atoms with van der Waals surface area (Å²) in [6.07, 6.45) is 0.609. The summed E-state index contributed by atoms with van der Waals surface area (Å²) in [6, 6.07) is 6.77. The second-order valence-corrected chi connectivity index (χ2v) is 5.00. The standard InChI is InChI=1S/C15H23NO4/c1-11(2)10-14(15(17)18)16-8-9-20-13-6-4-12(19-3)5-7-13/h4-7,11,14,16H,8-10H2,1-3H3,(H,17,18). The minimum absolute atomic E-state index is 0.339. The van der Waals surface area contributed by atoms with Crippen LogP contribution in [0, 0.1) is 5.92 Å². The van der Waals surface area contributed by atoms with Gasteiger partial charge in [-0.1, -0.05) is 13.8 Å². The molecule has 0 radical (unpaired) electrons. The lowest BCUT2D eigenvalue weighted by Crippen LogP contribution is -2.39. The van der Waals surface area contributed by atoms with Crippen LogP contribution in [0.1, 0.15) is 20.3 Å². The van der Waals surface area contributed by atoms with E-state index in [4.69, 9.17) is 14.6 Å². The van der Waals surface area contributed by atoms with E-state index in [1.54, 1.807) is 7.11 Å². The van der Waals surface area contributed by atoms with Gasteiger partial charge in [0.1, 0.15) is 24.1 Å². The molecule has 0 saturated carbocycles. The average Bonchev–Trinajstić information content (AvgIpc) is 2.42. The third-order valence-corrected chi connectivity index (χ3v) is 2.83. The Morgan fingerprint density at radius 1 is 1.25 bits per heavy atom. The van der Waals surface area contributed by atoms with Crippen LogP contribution in [0.3, 0.4) is 0 Å². The lowest BCUT2D eigenvalue weighted by atomic mass is 10.0. The maximum absolute atomic E-state index is 11.1. The van der Waals surface area contributed by atoms with Gasteiger partial charge < -0.3 is 19.9 Å². The number of nitrogens with one attached hydrogen (secondary N) is 1. The highest BCUT2D eigenvalue weighted by Gasteiger charge is 2.17. The first-order valence-electron chi connectivity index (χ1n) is 6.76. The van der Waals surface area contributed by atoms with E-state index in [0.717, 1.165) is 11.5 Å². The maximum atomic E-state index is 11.1. The third kappa shape index (κ3) is 5.93. The van der Waals surface area contributed by atoms with Crippen molar-refractivity contribution in [1.29, 1.82) is 0 Å². The SMILES string of the molecule is COc1ccc(OCCNC(CC(C)C)C(=O)O)cc1. The summed E-state index contributed by atoms with van der Waals surface area (Å²) in [5, 5.41) is 12.1. The summed E-state index contributed by atoms with van der Waals surface area (Å²) in [5.74, 6) is 1.04. The largest absolute Gasteiger partial charge is 0.497 e. The van der Waals surface area contributed by atoms with Crippen LogP contribution in [-0.4, -0.2) is 37.4 Å². The summed E-state index contributed by atoms with van der Waals surface area (Å²) < 4.78 is 10.6. The highest BCUT2D eigenvalue weighted by atomic mass is 16.5. The van der Waals surface area contributed by atoms with E-state index >= 15 is 0 Å². The molecule has 20 heavy (non-hydrogen) atoms. The Kier molecular flexibility index (Phi) is 6.87. The Bertz CT molecular complexity index is 403. The summed E-state index contributed by atoms with van der Waals surface area (Å²) in [5.41, 5.74) is 0. The van der Waals surface area contributed by atoms with Gasteiger partial charge in [-0.05, 0) is 36.6 Å². The second kappa shape index (κ2) is 8.43. The minimum Gasteiger partial charge on any atom is -0.497 e. The van der Waals surface area contributed by atoms with E-state index < -0.39 is 12.0 Å². The zero-order chi connectivity index (χ0) is 15.0. The van der Waals surface area contributed by atoms with Gasteiger partial charge in [0, 0.05) is 6.54 Å². The Morgan fingerprint density at radius 2 is 1.85 bits per heavy atom. The topological polar surface area (TPSA) is 67.8 Å². The molecule has 1 aromatic carbocycles. The summed E-state index contributed by atoms with van der Waals surface area (Å²) in [4.78, 5) is 11.1. The molecule has 0 fully saturated rings. The molecule has 1 atom stereocenters. The molecule has 0 heterocycles. The van der Waals surface area contributed by atoms with E-state index in [0.29, 0.717) is 25.5 Å². The number of carboxylic acid groups (broad SMARTS) is 1. The van der Waals surface area contributed by atoms with Crippen LogP contribution in [0.4, 0.5) is 0 Å². The summed E-state index contributed by atoms with van der Waals surface area (Å²) in [6.45, 7) is 4.93. The van der Waals surface area contributed by atoms with Gasteiger partial charge in [0.15, 0.2) is 0 Å². The molecule has 0 saturated heterocycles. The number of carboxylic acids is 1. The molecule has 0 aromatic heterocycles. The van der Waals surface area contributed by atoms with Crippen LogP contribution in [0.5, 0.6) is 11.5 Å². The molecule has 1 aromatic rings. The van der Waals surface area contributed by atoms with E-state index in [2.05, 4.69) is 5.32 Å². The highest BCUT2D eigenvalue weighted by Crippen LogP contribution is 2.16. The van der Waals surface area contributed by atoms with Gasteiger partial charge in [0.25, 0.3) is 0 Å². The van der Waals surface area contributed by atoms with Crippen LogP contribution in [-0.2, 0) is 4.79 Å². The van der Waals surface area contributed by atoms with E-state index in [9.17, 15) is 4.79 Å². The summed E-state index contributed by atoms with van der Waals surface area (Å²) >= 11 is 0. The molecule has 1 unspecified atom stereocenters. The smallest absolute Gasteiger partial charge is 0.320 e. The molecule has 5 nitrogen and oxygen atoms in total. The molecule has 0 aliphatic heterocycles. The lowest BCUT2D eigenvalue weighted by molar-refractivity contribution is -0.139. The quantitative estimate of drug-likeness (QED) is 0.679. The second-order valence-electron chi connectivity index (χ2n) is 5.00. The van der Waals surface area contributed by atoms with Gasteiger partial charge in [-0.2, -0.15) is 0 Å². The number of methoxy groups -OCH3 is 1. The van der Waals surface area contributed by atoms with Crippen molar-refractivity contribution in [2.75, 3.05) is 20.3 Å². The van der Waals surface area contributed by atoms with Gasteiger partial charge in [-0.3, -0.25) is 4.79 Å². The number of hydrogen-bond donors (Lipinski definition) is 2. The maximum Gasteiger partial charge on any atom is 0.320 e. The van der Waals surface area contributed by atoms with Crippen molar-refractivity contribution in [3.63, 3.8) is 0 Å². The number of carbonyl (C=O) groups is 1. The fourth-order valence-corrected chi connectivity index (χ4v) is 1.82. The van der Waals surface area contributed by atoms with Crippen LogP contribution in [0.15, 0.2) is 24.3 Å². The van der Waals surface area contributed by atoms with Crippen LogP contribution in [0.25, 0.3) is 0 Å². The molecular formula is C15H23NO4.